The van der Waals surface area contributed by atoms with E-state index in [-0.39, 0.29) is 0 Å². The fourth-order valence-electron chi connectivity index (χ4n) is 1.63. The summed E-state index contributed by atoms with van der Waals surface area (Å²) < 4.78 is 1.80. The first kappa shape index (κ1) is 11.3. The summed E-state index contributed by atoms with van der Waals surface area (Å²) in [5.74, 6) is 0.936. The largest absolute Gasteiger partial charge is 0.412 e. The van der Waals surface area contributed by atoms with Crippen LogP contribution in [0.4, 0.5) is 0 Å². The minimum absolute atomic E-state index is 0.685. The smallest absolute Gasteiger partial charge is 0.145 e. The van der Waals surface area contributed by atoms with E-state index in [1.54, 1.807) is 4.73 Å². The highest BCUT2D eigenvalue weighted by Gasteiger charge is 2.10. The minimum Gasteiger partial charge on any atom is -0.412 e. The predicted octanol–water partition coefficient (Wildman–Crippen LogP) is 3.09. The van der Waals surface area contributed by atoms with Crippen LogP contribution in [0, 0.1) is 0 Å². The number of imidazole rings is 1. The molecule has 1 heterocycles. The summed E-state index contributed by atoms with van der Waals surface area (Å²) >= 11 is 5.98. The van der Waals surface area contributed by atoms with E-state index in [4.69, 9.17) is 16.4 Å². The topological polar surface area (TPSA) is 27.1 Å². The van der Waals surface area contributed by atoms with Crippen LogP contribution in [0.15, 0.2) is 18.2 Å². The van der Waals surface area contributed by atoms with Gasteiger partial charge in [0.2, 0.25) is 0 Å². The highest BCUT2D eigenvalue weighted by molar-refractivity contribution is 6.31. The van der Waals surface area contributed by atoms with Crippen LogP contribution in [0.3, 0.4) is 0 Å². The Hall–Kier alpha value is -1.22. The molecule has 86 valence electrons. The van der Waals surface area contributed by atoms with Crippen LogP contribution in [0.5, 0.6) is 0 Å². The summed E-state index contributed by atoms with van der Waals surface area (Å²) in [6.45, 7) is 4.83. The Kier molecular flexibility index (Phi) is 3.34. The number of rotatable bonds is 4. The summed E-state index contributed by atoms with van der Waals surface area (Å²) in [6.07, 6.45) is 1.82. The van der Waals surface area contributed by atoms with Crippen molar-refractivity contribution in [3.63, 3.8) is 0 Å². The van der Waals surface area contributed by atoms with Gasteiger partial charge in [-0.2, -0.15) is 4.73 Å². The second kappa shape index (κ2) is 4.74. The van der Waals surface area contributed by atoms with Crippen molar-refractivity contribution in [3.05, 3.63) is 29.0 Å². The van der Waals surface area contributed by atoms with E-state index in [0.29, 0.717) is 11.6 Å². The highest BCUT2D eigenvalue weighted by atomic mass is 35.5. The number of hydrogen-bond acceptors (Lipinski definition) is 2. The quantitative estimate of drug-likeness (QED) is 0.819. The van der Waals surface area contributed by atoms with Gasteiger partial charge in [-0.05, 0) is 24.6 Å². The lowest BCUT2D eigenvalue weighted by atomic mass is 10.3. The molecule has 3 nitrogen and oxygen atoms in total. The molecule has 0 spiro atoms. The summed E-state index contributed by atoms with van der Waals surface area (Å²) in [5, 5.41) is 0.705. The maximum atomic E-state index is 5.98. The van der Waals surface area contributed by atoms with Crippen LogP contribution in [-0.4, -0.2) is 16.3 Å². The fraction of sp³-hybridized carbons (Fsp3) is 0.417. The van der Waals surface area contributed by atoms with E-state index in [0.717, 1.165) is 29.7 Å². The van der Waals surface area contributed by atoms with Gasteiger partial charge in [-0.25, -0.2) is 4.98 Å². The molecule has 2 rings (SSSR count). The van der Waals surface area contributed by atoms with Crippen LogP contribution < -0.4 is 4.84 Å². The molecule has 0 fully saturated rings. The Balaban J connectivity index is 2.52. The summed E-state index contributed by atoms with van der Waals surface area (Å²) in [7, 11) is 0. The Bertz CT molecular complexity index is 493. The number of aryl methyl sites for hydroxylation is 1. The molecule has 0 atom stereocenters. The maximum Gasteiger partial charge on any atom is 0.145 e. The van der Waals surface area contributed by atoms with Gasteiger partial charge in [0.25, 0.3) is 0 Å². The average molecular weight is 239 g/mol. The van der Waals surface area contributed by atoms with Gasteiger partial charge < -0.3 is 4.84 Å². The molecule has 2 aromatic rings. The zero-order valence-electron chi connectivity index (χ0n) is 9.53. The van der Waals surface area contributed by atoms with Crippen molar-refractivity contribution in [3.8, 4) is 0 Å². The fourth-order valence-corrected chi connectivity index (χ4v) is 1.79. The molecule has 16 heavy (non-hydrogen) atoms. The monoisotopic (exact) mass is 238 g/mol. The molecule has 0 amide bonds. The number of hydrogen-bond donors (Lipinski definition) is 0. The molecule has 0 aliphatic heterocycles. The number of halogens is 1. The summed E-state index contributed by atoms with van der Waals surface area (Å²) in [6, 6.07) is 5.65. The Morgan fingerprint density at radius 2 is 2.19 bits per heavy atom. The third kappa shape index (κ3) is 2.00. The molecule has 4 heteroatoms. The molecule has 0 bridgehead atoms. The third-order valence-electron chi connectivity index (χ3n) is 2.38. The summed E-state index contributed by atoms with van der Waals surface area (Å²) in [4.78, 5) is 10.2. The van der Waals surface area contributed by atoms with Crippen LogP contribution in [0.2, 0.25) is 5.02 Å². The Morgan fingerprint density at radius 1 is 1.38 bits per heavy atom. The standard InChI is InChI=1S/C12H15ClN2O/c1-3-7-16-15-11-8-9(13)5-6-10(11)14-12(15)4-2/h5-6,8H,3-4,7H2,1-2H3. The third-order valence-corrected chi connectivity index (χ3v) is 2.62. The highest BCUT2D eigenvalue weighted by Crippen LogP contribution is 2.20. The van der Waals surface area contributed by atoms with Crippen molar-refractivity contribution in [2.24, 2.45) is 0 Å². The van der Waals surface area contributed by atoms with E-state index in [1.165, 1.54) is 0 Å². The molecule has 0 N–H and O–H groups in total. The van der Waals surface area contributed by atoms with E-state index in [1.807, 2.05) is 18.2 Å². The molecule has 0 aliphatic carbocycles. The van der Waals surface area contributed by atoms with Gasteiger partial charge in [0.15, 0.2) is 0 Å². The van der Waals surface area contributed by atoms with Crippen LogP contribution in [-0.2, 0) is 6.42 Å². The van der Waals surface area contributed by atoms with Crippen LogP contribution >= 0.6 is 11.6 Å². The summed E-state index contributed by atoms with van der Waals surface area (Å²) in [5.41, 5.74) is 1.87. The molecule has 0 saturated heterocycles. The normalized spacial score (nSPS) is 10.9. The lowest BCUT2D eigenvalue weighted by molar-refractivity contribution is 0.113. The van der Waals surface area contributed by atoms with Gasteiger partial charge in [0.05, 0.1) is 5.52 Å². The van der Waals surface area contributed by atoms with E-state index < -0.39 is 0 Å². The van der Waals surface area contributed by atoms with Crippen LogP contribution in [0.25, 0.3) is 11.0 Å². The Labute approximate surface area is 99.9 Å². The number of aromatic nitrogens is 2. The van der Waals surface area contributed by atoms with Gasteiger partial charge in [0, 0.05) is 11.4 Å². The lowest BCUT2D eigenvalue weighted by Gasteiger charge is -2.08. The average Bonchev–Trinajstić information content (AvgIpc) is 2.63. The SMILES string of the molecule is CCCOn1c(CC)nc2ccc(Cl)cc21. The van der Waals surface area contributed by atoms with Crippen molar-refractivity contribution >= 4 is 22.6 Å². The second-order valence-electron chi connectivity index (χ2n) is 3.64. The van der Waals surface area contributed by atoms with E-state index in [9.17, 15) is 0 Å². The van der Waals surface area contributed by atoms with Crippen molar-refractivity contribution in [1.82, 2.24) is 9.71 Å². The number of nitrogens with zero attached hydrogens (tertiary/aromatic N) is 2. The van der Waals surface area contributed by atoms with Crippen LogP contribution in [0.1, 0.15) is 26.1 Å². The maximum absolute atomic E-state index is 5.98. The zero-order chi connectivity index (χ0) is 11.5. The van der Waals surface area contributed by atoms with Crippen molar-refractivity contribution < 1.29 is 4.84 Å². The molecular weight excluding hydrogens is 224 g/mol. The van der Waals surface area contributed by atoms with Gasteiger partial charge in [-0.1, -0.05) is 25.4 Å². The molecule has 0 aliphatic rings. The first-order chi connectivity index (χ1) is 7.76. The molecule has 1 aromatic heterocycles. The van der Waals surface area contributed by atoms with Gasteiger partial charge in [0.1, 0.15) is 17.9 Å². The Morgan fingerprint density at radius 3 is 2.88 bits per heavy atom. The number of benzene rings is 1. The molecule has 0 saturated carbocycles. The number of fused-ring (bicyclic) bond motifs is 1. The molecule has 0 unspecified atom stereocenters. The molecule has 0 radical (unpaired) electrons. The lowest BCUT2D eigenvalue weighted by Crippen LogP contribution is -2.14. The van der Waals surface area contributed by atoms with E-state index >= 15 is 0 Å². The predicted molar refractivity (Wildman–Crippen MR) is 65.9 cm³/mol. The van der Waals surface area contributed by atoms with Crippen molar-refractivity contribution in [2.75, 3.05) is 6.61 Å². The van der Waals surface area contributed by atoms with Gasteiger partial charge >= 0.3 is 0 Å². The first-order valence-electron chi connectivity index (χ1n) is 5.56. The molecular formula is C12H15ClN2O. The molecule has 1 aromatic carbocycles. The first-order valence-corrected chi connectivity index (χ1v) is 5.94. The minimum atomic E-state index is 0.685. The van der Waals surface area contributed by atoms with Crippen molar-refractivity contribution in [2.45, 2.75) is 26.7 Å². The van der Waals surface area contributed by atoms with Gasteiger partial charge in [-0.3, -0.25) is 0 Å². The second-order valence-corrected chi connectivity index (χ2v) is 4.08. The van der Waals surface area contributed by atoms with Gasteiger partial charge in [-0.15, -0.1) is 0 Å². The van der Waals surface area contributed by atoms with Crippen molar-refractivity contribution in [1.29, 1.82) is 0 Å². The van der Waals surface area contributed by atoms with E-state index in [2.05, 4.69) is 18.8 Å². The zero-order valence-corrected chi connectivity index (χ0v) is 10.3.